The molecule has 3 aromatic rings. The van der Waals surface area contributed by atoms with Crippen molar-refractivity contribution in [2.24, 2.45) is 0 Å². The van der Waals surface area contributed by atoms with E-state index in [0.717, 1.165) is 11.4 Å². The summed E-state index contributed by atoms with van der Waals surface area (Å²) in [5.41, 5.74) is 2.55. The van der Waals surface area contributed by atoms with E-state index in [9.17, 15) is 9.59 Å². The Bertz CT molecular complexity index is 971. The number of benzene rings is 2. The highest BCUT2D eigenvalue weighted by atomic mass is 16.5. The molecule has 0 unspecified atom stereocenters. The van der Waals surface area contributed by atoms with E-state index in [0.29, 0.717) is 22.8 Å². The van der Waals surface area contributed by atoms with Gasteiger partial charge in [0.2, 0.25) is 5.91 Å². The van der Waals surface area contributed by atoms with E-state index in [1.54, 1.807) is 48.5 Å². The molecule has 7 nitrogen and oxygen atoms in total. The number of hydrogen-bond acceptors (Lipinski definition) is 6. The fourth-order valence-corrected chi connectivity index (χ4v) is 2.37. The fraction of sp³-hybridized carbons (Fsp3) is 0.100. The van der Waals surface area contributed by atoms with Crippen LogP contribution in [0.25, 0.3) is 0 Å². The molecule has 1 aromatic heterocycles. The van der Waals surface area contributed by atoms with Crippen molar-refractivity contribution in [2.75, 3.05) is 10.6 Å². The van der Waals surface area contributed by atoms with Crippen LogP contribution in [0, 0.1) is 6.92 Å². The van der Waals surface area contributed by atoms with E-state index in [1.807, 2.05) is 13.0 Å². The maximum atomic E-state index is 12.3. The van der Waals surface area contributed by atoms with Gasteiger partial charge in [-0.15, -0.1) is 0 Å². The average Bonchev–Trinajstić information content (AvgIpc) is 2.63. The normalized spacial score (nSPS) is 10.1. The zero-order valence-electron chi connectivity index (χ0n) is 14.9. The first-order valence-corrected chi connectivity index (χ1v) is 8.25. The molecule has 2 N–H and O–H groups in total. The summed E-state index contributed by atoms with van der Waals surface area (Å²) in [7, 11) is 0. The summed E-state index contributed by atoms with van der Waals surface area (Å²) >= 11 is 0. The molecule has 0 saturated heterocycles. The number of rotatable bonds is 5. The molecule has 0 radical (unpaired) electrons. The standard InChI is InChI=1S/C20H18N4O3/c1-13-10-19(22-12-21-13)24-16-6-8-18(9-7-16)27-20(26)15-4-3-5-17(11-15)23-14(2)25/h3-12H,1-2H3,(H,23,25)(H,21,22,24). The Morgan fingerprint density at radius 1 is 0.963 bits per heavy atom. The van der Waals surface area contributed by atoms with Gasteiger partial charge in [-0.05, 0) is 49.4 Å². The van der Waals surface area contributed by atoms with E-state index < -0.39 is 5.97 Å². The zero-order valence-corrected chi connectivity index (χ0v) is 14.9. The highest BCUT2D eigenvalue weighted by Gasteiger charge is 2.10. The molecular formula is C20H18N4O3. The van der Waals surface area contributed by atoms with E-state index in [-0.39, 0.29) is 5.91 Å². The van der Waals surface area contributed by atoms with Crippen LogP contribution in [0.1, 0.15) is 23.0 Å². The second-order valence-corrected chi connectivity index (χ2v) is 5.85. The molecule has 2 aromatic carbocycles. The summed E-state index contributed by atoms with van der Waals surface area (Å²) in [4.78, 5) is 31.6. The minimum atomic E-state index is -0.505. The van der Waals surface area contributed by atoms with Gasteiger partial charge in [0.15, 0.2) is 0 Å². The number of aryl methyl sites for hydroxylation is 1. The number of carbonyl (C=O) groups excluding carboxylic acids is 2. The highest BCUT2D eigenvalue weighted by molar-refractivity contribution is 5.94. The van der Waals surface area contributed by atoms with Crippen molar-refractivity contribution < 1.29 is 14.3 Å². The summed E-state index contributed by atoms with van der Waals surface area (Å²) in [5, 5.41) is 5.78. The smallest absolute Gasteiger partial charge is 0.343 e. The van der Waals surface area contributed by atoms with Crippen molar-refractivity contribution in [3.63, 3.8) is 0 Å². The van der Waals surface area contributed by atoms with Gasteiger partial charge in [0.1, 0.15) is 17.9 Å². The molecule has 0 aliphatic heterocycles. The number of nitrogens with one attached hydrogen (secondary N) is 2. The lowest BCUT2D eigenvalue weighted by molar-refractivity contribution is -0.114. The second-order valence-electron chi connectivity index (χ2n) is 5.85. The van der Waals surface area contributed by atoms with Gasteiger partial charge >= 0.3 is 5.97 Å². The van der Waals surface area contributed by atoms with Crippen LogP contribution < -0.4 is 15.4 Å². The van der Waals surface area contributed by atoms with Crippen molar-refractivity contribution in [1.29, 1.82) is 0 Å². The second kappa shape index (κ2) is 8.09. The van der Waals surface area contributed by atoms with Crippen molar-refractivity contribution >= 4 is 29.1 Å². The summed E-state index contributed by atoms with van der Waals surface area (Å²) in [6, 6.07) is 15.3. The Labute approximate surface area is 156 Å². The largest absolute Gasteiger partial charge is 0.423 e. The number of aromatic nitrogens is 2. The van der Waals surface area contributed by atoms with Crippen LogP contribution >= 0.6 is 0 Å². The van der Waals surface area contributed by atoms with Gasteiger partial charge in [-0.2, -0.15) is 0 Å². The summed E-state index contributed by atoms with van der Waals surface area (Å²) < 4.78 is 5.38. The van der Waals surface area contributed by atoms with Crippen LogP contribution in [0.3, 0.4) is 0 Å². The molecule has 1 amide bonds. The zero-order chi connectivity index (χ0) is 19.2. The molecule has 0 bridgehead atoms. The van der Waals surface area contributed by atoms with Crippen molar-refractivity contribution in [3.05, 3.63) is 72.2 Å². The number of carbonyl (C=O) groups is 2. The SMILES string of the molecule is CC(=O)Nc1cccc(C(=O)Oc2ccc(Nc3cc(C)ncn3)cc2)c1. The summed E-state index contributed by atoms with van der Waals surface area (Å²) in [6.45, 7) is 3.29. The third kappa shape index (κ3) is 5.12. The van der Waals surface area contributed by atoms with Gasteiger partial charge in [-0.1, -0.05) is 6.07 Å². The number of nitrogens with zero attached hydrogens (tertiary/aromatic N) is 2. The molecule has 0 aliphatic rings. The third-order valence-electron chi connectivity index (χ3n) is 3.56. The minimum Gasteiger partial charge on any atom is -0.423 e. The van der Waals surface area contributed by atoms with Crippen LogP contribution in [0.15, 0.2) is 60.9 Å². The Morgan fingerprint density at radius 2 is 1.74 bits per heavy atom. The maximum Gasteiger partial charge on any atom is 0.343 e. The molecule has 27 heavy (non-hydrogen) atoms. The molecular weight excluding hydrogens is 344 g/mol. The first-order valence-electron chi connectivity index (χ1n) is 8.25. The van der Waals surface area contributed by atoms with Gasteiger partial charge in [-0.3, -0.25) is 4.79 Å². The Balaban J connectivity index is 1.65. The van der Waals surface area contributed by atoms with Crippen LogP contribution in [0.2, 0.25) is 0 Å². The molecule has 7 heteroatoms. The number of ether oxygens (including phenoxy) is 1. The lowest BCUT2D eigenvalue weighted by atomic mass is 10.2. The molecule has 0 atom stereocenters. The molecule has 1 heterocycles. The van der Waals surface area contributed by atoms with Gasteiger partial charge in [-0.25, -0.2) is 14.8 Å². The van der Waals surface area contributed by atoms with Gasteiger partial charge < -0.3 is 15.4 Å². The number of esters is 1. The number of hydrogen-bond donors (Lipinski definition) is 2. The Morgan fingerprint density at radius 3 is 2.44 bits per heavy atom. The fourth-order valence-electron chi connectivity index (χ4n) is 2.37. The topological polar surface area (TPSA) is 93.2 Å². The Kier molecular flexibility index (Phi) is 5.41. The van der Waals surface area contributed by atoms with E-state index in [2.05, 4.69) is 20.6 Å². The molecule has 0 spiro atoms. The first kappa shape index (κ1) is 18.1. The molecule has 3 rings (SSSR count). The number of amides is 1. The lowest BCUT2D eigenvalue weighted by Crippen LogP contribution is -2.10. The van der Waals surface area contributed by atoms with Crippen LogP contribution in [0.5, 0.6) is 5.75 Å². The molecule has 136 valence electrons. The predicted octanol–water partition coefficient (Wildman–Crippen LogP) is 3.71. The van der Waals surface area contributed by atoms with Crippen LogP contribution in [0.4, 0.5) is 17.2 Å². The quantitative estimate of drug-likeness (QED) is 0.531. The van der Waals surface area contributed by atoms with Gasteiger partial charge in [0, 0.05) is 30.1 Å². The van der Waals surface area contributed by atoms with E-state index in [4.69, 9.17) is 4.74 Å². The van der Waals surface area contributed by atoms with Crippen LogP contribution in [-0.4, -0.2) is 21.8 Å². The number of anilines is 3. The molecule has 0 saturated carbocycles. The van der Waals surface area contributed by atoms with Crippen molar-refractivity contribution in [2.45, 2.75) is 13.8 Å². The highest BCUT2D eigenvalue weighted by Crippen LogP contribution is 2.20. The van der Waals surface area contributed by atoms with Crippen molar-refractivity contribution in [3.8, 4) is 5.75 Å². The molecule has 0 fully saturated rings. The third-order valence-corrected chi connectivity index (χ3v) is 3.56. The van der Waals surface area contributed by atoms with Crippen LogP contribution in [-0.2, 0) is 4.79 Å². The van der Waals surface area contributed by atoms with E-state index in [1.165, 1.54) is 13.3 Å². The van der Waals surface area contributed by atoms with E-state index >= 15 is 0 Å². The Hall–Kier alpha value is -3.74. The van der Waals surface area contributed by atoms with Crippen molar-refractivity contribution in [1.82, 2.24) is 9.97 Å². The minimum absolute atomic E-state index is 0.206. The molecule has 0 aliphatic carbocycles. The maximum absolute atomic E-state index is 12.3. The van der Waals surface area contributed by atoms with Gasteiger partial charge in [0.05, 0.1) is 5.56 Å². The predicted molar refractivity (Wildman–Crippen MR) is 102 cm³/mol. The van der Waals surface area contributed by atoms with Gasteiger partial charge in [0.25, 0.3) is 0 Å². The average molecular weight is 362 g/mol. The summed E-state index contributed by atoms with van der Waals surface area (Å²) in [6.07, 6.45) is 1.49. The monoisotopic (exact) mass is 362 g/mol. The lowest BCUT2D eigenvalue weighted by Gasteiger charge is -2.09. The summed E-state index contributed by atoms with van der Waals surface area (Å²) in [5.74, 6) is 0.383. The first-order chi connectivity index (χ1) is 13.0.